The molecule has 0 aliphatic rings. The zero-order valence-corrected chi connectivity index (χ0v) is 32.7. The normalized spacial score (nSPS) is 11.9. The molecule has 0 radical (unpaired) electrons. The van der Waals surface area contributed by atoms with Gasteiger partial charge in [-0.3, -0.25) is 14.2 Å². The number of hydrogen-bond acceptors (Lipinski definition) is 10. The van der Waals surface area contributed by atoms with Crippen molar-refractivity contribution in [3.63, 3.8) is 0 Å². The molecule has 1 amide bonds. The summed E-state index contributed by atoms with van der Waals surface area (Å²) in [4.78, 5) is 29.7. The number of nitrogens with zero attached hydrogens (tertiary/aromatic N) is 3. The van der Waals surface area contributed by atoms with Crippen molar-refractivity contribution in [1.82, 2.24) is 20.1 Å². The Morgan fingerprint density at radius 1 is 0.879 bits per heavy atom. The second-order valence-electron chi connectivity index (χ2n) is 12.9. The van der Waals surface area contributed by atoms with Crippen LogP contribution in [0, 0.1) is 17.6 Å². The number of aryl methyl sites for hydroxylation is 1. The Balaban J connectivity index is 1.25. The number of halogens is 3. The maximum Gasteiger partial charge on any atom is 0.328 e. The lowest BCUT2D eigenvalue weighted by Crippen LogP contribution is -2.43. The van der Waals surface area contributed by atoms with Crippen LogP contribution >= 0.6 is 0 Å². The van der Waals surface area contributed by atoms with Gasteiger partial charge >= 0.3 is 5.97 Å². The Morgan fingerprint density at radius 2 is 1.55 bits per heavy atom. The molecule has 0 bridgehead atoms. The van der Waals surface area contributed by atoms with Crippen LogP contribution in [0.25, 0.3) is 33.2 Å². The van der Waals surface area contributed by atoms with E-state index >= 15 is 8.78 Å². The fourth-order valence-corrected chi connectivity index (χ4v) is 7.58. The first-order valence-corrected chi connectivity index (χ1v) is 19.2. The Kier molecular flexibility index (Phi) is 12.3. The van der Waals surface area contributed by atoms with Crippen LogP contribution in [0.1, 0.15) is 28.4 Å². The van der Waals surface area contributed by atoms with Gasteiger partial charge in [0.25, 0.3) is 15.9 Å². The number of benzene rings is 4. The summed E-state index contributed by atoms with van der Waals surface area (Å²) in [5.41, 5.74) is 2.68. The van der Waals surface area contributed by atoms with Gasteiger partial charge in [-0.05, 0) is 71.6 Å². The Morgan fingerprint density at radius 3 is 2.16 bits per heavy atom. The average molecular weight is 818 g/mol. The predicted octanol–water partition coefficient (Wildman–Crippen LogP) is 6.59. The van der Waals surface area contributed by atoms with Crippen LogP contribution in [0.4, 0.5) is 18.9 Å². The minimum Gasteiger partial charge on any atom is -0.496 e. The number of methoxy groups -OCH3 is 3. The van der Waals surface area contributed by atoms with Crippen LogP contribution in [0.3, 0.4) is 0 Å². The van der Waals surface area contributed by atoms with Gasteiger partial charge < -0.3 is 24.3 Å². The summed E-state index contributed by atoms with van der Waals surface area (Å²) in [6, 6.07) is 15.1. The zero-order chi connectivity index (χ0) is 41.7. The smallest absolute Gasteiger partial charge is 0.328 e. The zero-order valence-electron chi connectivity index (χ0n) is 31.9. The summed E-state index contributed by atoms with van der Waals surface area (Å²) in [7, 11) is 1.51. The molecular weight excluding hydrogens is 780 g/mol. The number of nitrogens with one attached hydrogen (secondary N) is 2. The molecule has 0 aliphatic heterocycles. The highest BCUT2D eigenvalue weighted by Gasteiger charge is 2.29. The fraction of sp³-hybridized carbons (Fsp3) is 0.220. The number of ether oxygens (including phenoxy) is 4. The molecule has 0 aliphatic carbocycles. The predicted molar refractivity (Wildman–Crippen MR) is 208 cm³/mol. The highest BCUT2D eigenvalue weighted by molar-refractivity contribution is 7.92. The van der Waals surface area contributed by atoms with Crippen molar-refractivity contribution in [1.29, 1.82) is 0 Å². The average Bonchev–Trinajstić information content (AvgIpc) is 3.60. The molecule has 1 atom stereocenters. The Labute approximate surface area is 331 Å². The van der Waals surface area contributed by atoms with Crippen molar-refractivity contribution in [3.8, 4) is 33.8 Å². The number of aromatic nitrogens is 3. The van der Waals surface area contributed by atoms with Crippen LogP contribution in [0.2, 0.25) is 0 Å². The SMILES string of the molecule is CCOCc1cc(OC)c(-c2ccc(C[C@H](NC(=O)c3c(F)cc(NS(=O)(=O)c4ccc(-c5ccnc(F)c5)cc4)cc3F)C(=O)OC)c3c2cnn3C)c(OC)c1. The molecule has 4 aromatic carbocycles. The molecule has 6 rings (SSSR count). The third kappa shape index (κ3) is 8.59. The standard InChI is InChI=1S/C41H38F3N5O8S/c1-6-57-22-23-15-34(54-3)37(35(16-23)55-4)29-12-9-26(39-30(29)21-46-49(39)2)17-33(41(51)56-5)47-40(50)38-31(42)19-27(20-32(38)43)48-58(52,53)28-10-7-24(8-11-28)25-13-14-45-36(44)18-25/h7-16,18-21,33,48H,6,17,22H2,1-5H3,(H,47,50)/t33-/m0/s1. The third-order valence-corrected chi connectivity index (χ3v) is 10.7. The number of rotatable bonds is 15. The van der Waals surface area contributed by atoms with E-state index in [1.165, 1.54) is 50.7 Å². The van der Waals surface area contributed by atoms with Crippen LogP contribution < -0.4 is 19.5 Å². The first-order chi connectivity index (χ1) is 27.8. The quantitative estimate of drug-likeness (QED) is 0.0856. The third-order valence-electron chi connectivity index (χ3n) is 9.25. The van der Waals surface area contributed by atoms with E-state index in [1.807, 2.05) is 19.1 Å². The molecule has 0 unspecified atom stereocenters. The Bertz CT molecular complexity index is 2570. The minimum absolute atomic E-state index is 0.174. The van der Waals surface area contributed by atoms with Crippen molar-refractivity contribution >= 4 is 38.5 Å². The molecule has 2 aromatic heterocycles. The van der Waals surface area contributed by atoms with Crippen molar-refractivity contribution in [2.24, 2.45) is 7.05 Å². The summed E-state index contributed by atoms with van der Waals surface area (Å²) >= 11 is 0. The molecule has 0 saturated carbocycles. The van der Waals surface area contributed by atoms with Crippen molar-refractivity contribution in [2.45, 2.75) is 30.9 Å². The molecule has 2 heterocycles. The minimum atomic E-state index is -4.36. The van der Waals surface area contributed by atoms with Crippen molar-refractivity contribution in [2.75, 3.05) is 32.7 Å². The lowest BCUT2D eigenvalue weighted by atomic mass is 9.94. The van der Waals surface area contributed by atoms with Gasteiger partial charge in [-0.1, -0.05) is 24.3 Å². The van der Waals surface area contributed by atoms with Gasteiger partial charge in [0.1, 0.15) is 34.7 Å². The van der Waals surface area contributed by atoms with E-state index in [4.69, 9.17) is 18.9 Å². The van der Waals surface area contributed by atoms with Gasteiger partial charge in [-0.2, -0.15) is 9.49 Å². The van der Waals surface area contributed by atoms with E-state index < -0.39 is 56.8 Å². The molecule has 58 heavy (non-hydrogen) atoms. The molecule has 0 fully saturated rings. The summed E-state index contributed by atoms with van der Waals surface area (Å²) in [6.45, 7) is 2.76. The first-order valence-electron chi connectivity index (χ1n) is 17.7. The van der Waals surface area contributed by atoms with Crippen LogP contribution in [-0.4, -0.2) is 69.0 Å². The van der Waals surface area contributed by atoms with E-state index in [9.17, 15) is 22.4 Å². The topological polar surface area (TPSA) is 160 Å². The van der Waals surface area contributed by atoms with Crippen molar-refractivity contribution in [3.05, 3.63) is 119 Å². The number of anilines is 1. The first kappa shape index (κ1) is 41.2. The van der Waals surface area contributed by atoms with Gasteiger partial charge in [-0.25, -0.2) is 27.0 Å². The van der Waals surface area contributed by atoms with Gasteiger partial charge in [0.05, 0.1) is 55.8 Å². The number of amides is 1. The van der Waals surface area contributed by atoms with E-state index in [0.29, 0.717) is 75.6 Å². The molecule has 2 N–H and O–H groups in total. The second kappa shape index (κ2) is 17.4. The second-order valence-corrected chi connectivity index (χ2v) is 14.6. The summed E-state index contributed by atoms with van der Waals surface area (Å²) in [5, 5.41) is 7.46. The van der Waals surface area contributed by atoms with Gasteiger partial charge in [0.15, 0.2) is 0 Å². The lowest BCUT2D eigenvalue weighted by Gasteiger charge is -2.20. The summed E-state index contributed by atoms with van der Waals surface area (Å²) in [5.74, 6) is -4.67. The fourth-order valence-electron chi connectivity index (χ4n) is 6.54. The number of fused-ring (bicyclic) bond motifs is 1. The molecular formula is C41H38F3N5O8S. The molecule has 0 spiro atoms. The lowest BCUT2D eigenvalue weighted by molar-refractivity contribution is -0.142. The van der Waals surface area contributed by atoms with E-state index in [-0.39, 0.29) is 11.3 Å². The highest BCUT2D eigenvalue weighted by Crippen LogP contribution is 2.43. The van der Waals surface area contributed by atoms with Gasteiger partial charge in [-0.15, -0.1) is 0 Å². The summed E-state index contributed by atoms with van der Waals surface area (Å²) in [6.07, 6.45) is 2.72. The number of esters is 1. The molecule has 17 heteroatoms. The van der Waals surface area contributed by atoms with Crippen LogP contribution in [0.5, 0.6) is 11.5 Å². The Hall–Kier alpha value is -6.46. The van der Waals surface area contributed by atoms with Gasteiger partial charge in [0, 0.05) is 43.3 Å². The van der Waals surface area contributed by atoms with Crippen LogP contribution in [-0.2, 0) is 44.4 Å². The maximum atomic E-state index is 15.5. The summed E-state index contributed by atoms with van der Waals surface area (Å²) < 4.78 is 96.5. The molecule has 0 saturated heterocycles. The molecule has 302 valence electrons. The number of carbonyl (C=O) groups excluding carboxylic acids is 2. The number of hydrogen-bond donors (Lipinski definition) is 2. The largest absolute Gasteiger partial charge is 0.496 e. The molecule has 6 aromatic rings. The number of sulfonamides is 1. The molecule has 13 nitrogen and oxygen atoms in total. The number of carbonyl (C=O) groups is 2. The van der Waals surface area contributed by atoms with Crippen LogP contribution in [0.15, 0.2) is 90.1 Å². The van der Waals surface area contributed by atoms with Crippen molar-refractivity contribution < 1.29 is 50.1 Å². The highest BCUT2D eigenvalue weighted by atomic mass is 32.2. The van der Waals surface area contributed by atoms with Gasteiger partial charge in [0.2, 0.25) is 5.95 Å². The monoisotopic (exact) mass is 817 g/mol. The van der Waals surface area contributed by atoms with E-state index in [0.717, 1.165) is 12.7 Å². The van der Waals surface area contributed by atoms with E-state index in [2.05, 4.69) is 20.1 Å². The number of pyridine rings is 1. The van der Waals surface area contributed by atoms with E-state index in [1.54, 1.807) is 36.1 Å². The maximum absolute atomic E-state index is 15.5.